The summed E-state index contributed by atoms with van der Waals surface area (Å²) >= 11 is 0. The van der Waals surface area contributed by atoms with Gasteiger partial charge in [0.1, 0.15) is 29.8 Å². The molecule has 5 atom stereocenters. The molecule has 3 fully saturated rings. The van der Waals surface area contributed by atoms with Gasteiger partial charge in [-0.15, -0.1) is 10.2 Å². The number of nitrogens with zero attached hydrogens (tertiary/aromatic N) is 5. The molecule has 12 heteroatoms. The molecule has 196 valence electrons. The average molecular weight is 536 g/mol. The zero-order valence-electron chi connectivity index (χ0n) is 19.7. The van der Waals surface area contributed by atoms with Gasteiger partial charge in [-0.2, -0.15) is 17.5 Å². The summed E-state index contributed by atoms with van der Waals surface area (Å²) in [4.78, 5) is 2.05. The molecule has 2 aromatic carbocycles. The van der Waals surface area contributed by atoms with Crippen LogP contribution in [0.15, 0.2) is 61.2 Å². The van der Waals surface area contributed by atoms with Crippen molar-refractivity contribution < 1.29 is 26.0 Å². The van der Waals surface area contributed by atoms with Gasteiger partial charge in [-0.05, 0) is 30.5 Å². The van der Waals surface area contributed by atoms with Gasteiger partial charge in [0, 0.05) is 48.8 Å². The van der Waals surface area contributed by atoms with Gasteiger partial charge in [0.2, 0.25) is 10.0 Å². The van der Waals surface area contributed by atoms with Crippen LogP contribution >= 0.6 is 0 Å². The summed E-state index contributed by atoms with van der Waals surface area (Å²) in [6.07, 6.45) is -1.92. The topological polar surface area (TPSA) is 71.3 Å². The molecule has 3 aliphatic rings. The predicted octanol–water partition coefficient (Wildman–Crippen LogP) is 4.32. The van der Waals surface area contributed by atoms with E-state index in [2.05, 4.69) is 10.2 Å². The zero-order valence-corrected chi connectivity index (χ0v) is 20.5. The van der Waals surface area contributed by atoms with Crippen molar-refractivity contribution in [2.75, 3.05) is 18.0 Å². The van der Waals surface area contributed by atoms with Crippen molar-refractivity contribution in [2.45, 2.75) is 42.9 Å². The molecule has 0 amide bonds. The fourth-order valence-electron chi connectivity index (χ4n) is 6.02. The Balaban J connectivity index is 1.22. The minimum Gasteiger partial charge on any atom is -0.371 e. The third kappa shape index (κ3) is 4.29. The van der Waals surface area contributed by atoms with Crippen LogP contribution in [0.1, 0.15) is 35.3 Å². The number of halogens is 4. The van der Waals surface area contributed by atoms with E-state index in [1.807, 2.05) is 9.47 Å². The molecule has 0 spiro atoms. The molecule has 0 N–H and O–H groups in total. The lowest BCUT2D eigenvalue weighted by Gasteiger charge is -2.39. The van der Waals surface area contributed by atoms with Crippen LogP contribution in [-0.2, 0) is 16.6 Å². The number of aromatic nitrogens is 3. The molecule has 37 heavy (non-hydrogen) atoms. The summed E-state index contributed by atoms with van der Waals surface area (Å²) < 4.78 is 86.2. The fraction of sp³-hybridized carbons (Fsp3) is 0.440. The number of alkyl halides is 3. The van der Waals surface area contributed by atoms with E-state index < -0.39 is 39.9 Å². The Morgan fingerprint density at radius 2 is 1.62 bits per heavy atom. The van der Waals surface area contributed by atoms with Crippen LogP contribution in [0.2, 0.25) is 0 Å². The van der Waals surface area contributed by atoms with Crippen molar-refractivity contribution in [3.63, 3.8) is 0 Å². The molecule has 1 unspecified atom stereocenters. The Labute approximate surface area is 211 Å². The van der Waals surface area contributed by atoms with Crippen molar-refractivity contribution in [1.29, 1.82) is 0 Å². The second kappa shape index (κ2) is 8.80. The van der Waals surface area contributed by atoms with E-state index in [0.717, 1.165) is 13.1 Å². The van der Waals surface area contributed by atoms with E-state index in [-0.39, 0.29) is 18.4 Å². The van der Waals surface area contributed by atoms with Crippen LogP contribution in [0.5, 0.6) is 0 Å². The second-order valence-corrected chi connectivity index (χ2v) is 12.1. The molecule has 1 aliphatic carbocycles. The number of anilines is 1. The van der Waals surface area contributed by atoms with E-state index in [0.29, 0.717) is 33.4 Å². The summed E-state index contributed by atoms with van der Waals surface area (Å²) in [6.45, 7) is 0.770. The van der Waals surface area contributed by atoms with Crippen LogP contribution in [0.4, 0.5) is 23.2 Å². The van der Waals surface area contributed by atoms with Gasteiger partial charge < -0.3 is 9.47 Å². The minimum atomic E-state index is -4.76. The smallest absolute Gasteiger partial charge is 0.371 e. The molecule has 7 nitrogen and oxygen atoms in total. The normalized spacial score (nSPS) is 29.3. The van der Waals surface area contributed by atoms with Crippen molar-refractivity contribution in [2.24, 2.45) is 11.8 Å². The Kier molecular flexibility index (Phi) is 5.79. The van der Waals surface area contributed by atoms with Gasteiger partial charge in [0.05, 0.1) is 0 Å². The zero-order chi connectivity index (χ0) is 25.9. The largest absolute Gasteiger partial charge is 0.405 e. The first-order valence-electron chi connectivity index (χ1n) is 12.1. The number of hydrogen-bond acceptors (Lipinski definition) is 5. The summed E-state index contributed by atoms with van der Waals surface area (Å²) in [5.74, 6) is 0.0887. The van der Waals surface area contributed by atoms with Gasteiger partial charge in [0.25, 0.3) is 0 Å². The standard InChI is InChI=1S/C25H25F4N5O2S/c26-21-10-18(32-12-19-20(13-32)24(19)33-14-30-31-15-33)7-6-17(21)11-34-23(25(27,28)29)9-8-22(37(34,35)36)16-4-2-1-3-5-16/h1-7,10,14-15,19-20,22-24H,8-9,11-13H2/t19-,20+,22-,23+,24?/m0/s1. The highest BCUT2D eigenvalue weighted by atomic mass is 32.2. The van der Waals surface area contributed by atoms with Gasteiger partial charge in [-0.25, -0.2) is 12.8 Å². The Bertz CT molecular complexity index is 1370. The van der Waals surface area contributed by atoms with E-state index in [4.69, 9.17) is 0 Å². The van der Waals surface area contributed by atoms with Crippen LogP contribution in [0.25, 0.3) is 0 Å². The van der Waals surface area contributed by atoms with Crippen LogP contribution in [0.3, 0.4) is 0 Å². The van der Waals surface area contributed by atoms with Gasteiger partial charge >= 0.3 is 6.18 Å². The highest BCUT2D eigenvalue weighted by molar-refractivity contribution is 7.89. The molecular weight excluding hydrogens is 510 g/mol. The third-order valence-corrected chi connectivity index (χ3v) is 10.2. The molecule has 1 aromatic heterocycles. The van der Waals surface area contributed by atoms with Crippen molar-refractivity contribution >= 4 is 15.7 Å². The van der Waals surface area contributed by atoms with Gasteiger partial charge in [-0.1, -0.05) is 36.4 Å². The maximum atomic E-state index is 15.2. The Hall–Kier alpha value is -2.99. The molecule has 0 radical (unpaired) electrons. The summed E-state index contributed by atoms with van der Waals surface area (Å²) in [6, 6.07) is 10.7. The number of sulfonamides is 1. The summed E-state index contributed by atoms with van der Waals surface area (Å²) in [5, 5.41) is 6.58. The maximum Gasteiger partial charge on any atom is 0.405 e. The monoisotopic (exact) mass is 535 g/mol. The lowest BCUT2D eigenvalue weighted by molar-refractivity contribution is -0.176. The SMILES string of the molecule is O=S1(=O)[C@H](c2ccccc2)CC[C@H](C(F)(F)F)N1Cc1ccc(N2C[C@@H]3C(n4cnnc4)[C@@H]3C2)cc1F. The number of benzene rings is 2. The van der Waals surface area contributed by atoms with E-state index in [1.54, 1.807) is 49.1 Å². The average Bonchev–Trinajstić information content (AvgIpc) is 3.23. The molecule has 0 bridgehead atoms. The van der Waals surface area contributed by atoms with E-state index in [9.17, 15) is 21.6 Å². The molecule has 3 heterocycles. The van der Waals surface area contributed by atoms with Crippen molar-refractivity contribution in [3.05, 3.63) is 78.1 Å². The molecule has 3 aromatic rings. The number of piperidine rings is 1. The molecule has 6 rings (SSSR count). The fourth-order valence-corrected chi connectivity index (χ4v) is 8.18. The lowest BCUT2D eigenvalue weighted by atomic mass is 10.0. The van der Waals surface area contributed by atoms with Gasteiger partial charge in [-0.3, -0.25) is 0 Å². The Morgan fingerprint density at radius 1 is 0.946 bits per heavy atom. The van der Waals surface area contributed by atoms with Crippen LogP contribution in [-0.4, -0.2) is 52.8 Å². The van der Waals surface area contributed by atoms with Crippen LogP contribution < -0.4 is 4.90 Å². The van der Waals surface area contributed by atoms with Gasteiger partial charge in [0.15, 0.2) is 0 Å². The first kappa shape index (κ1) is 24.4. The molecule has 2 saturated heterocycles. The number of fused-ring (bicyclic) bond motifs is 1. The minimum absolute atomic E-state index is 0.0815. The maximum absolute atomic E-state index is 15.2. The van der Waals surface area contributed by atoms with Crippen LogP contribution in [0, 0.1) is 17.7 Å². The predicted molar refractivity (Wildman–Crippen MR) is 127 cm³/mol. The summed E-state index contributed by atoms with van der Waals surface area (Å²) in [5.41, 5.74) is 0.982. The molecule has 1 saturated carbocycles. The Morgan fingerprint density at radius 3 is 2.24 bits per heavy atom. The summed E-state index contributed by atoms with van der Waals surface area (Å²) in [7, 11) is -4.40. The lowest BCUT2D eigenvalue weighted by Crippen LogP contribution is -2.52. The second-order valence-electron chi connectivity index (χ2n) is 10.0. The number of rotatable bonds is 5. The quantitative estimate of drug-likeness (QED) is 0.455. The number of hydrogen-bond donors (Lipinski definition) is 0. The molecule has 2 aliphatic heterocycles. The first-order chi connectivity index (χ1) is 17.6. The highest BCUT2D eigenvalue weighted by Gasteiger charge is 2.57. The van der Waals surface area contributed by atoms with Crippen molar-refractivity contribution in [1.82, 2.24) is 19.1 Å². The van der Waals surface area contributed by atoms with E-state index >= 15 is 4.39 Å². The first-order valence-corrected chi connectivity index (χ1v) is 13.6. The third-order valence-electron chi connectivity index (χ3n) is 7.94. The van der Waals surface area contributed by atoms with Crippen molar-refractivity contribution in [3.8, 4) is 0 Å². The van der Waals surface area contributed by atoms with E-state index in [1.165, 1.54) is 12.1 Å². The highest BCUT2D eigenvalue weighted by Crippen LogP contribution is 2.55. The molecular formula is C25H25F4N5O2S.